The zero-order chi connectivity index (χ0) is 16.6. The Balaban J connectivity index is 0.00000484. The third-order valence-electron chi connectivity index (χ3n) is 3.01. The van der Waals surface area contributed by atoms with E-state index in [1.165, 1.54) is 12.1 Å². The second kappa shape index (κ2) is 10.5. The number of benzene rings is 1. The van der Waals surface area contributed by atoms with E-state index in [0.717, 1.165) is 6.07 Å². The van der Waals surface area contributed by atoms with E-state index in [0.29, 0.717) is 31.7 Å². The van der Waals surface area contributed by atoms with E-state index < -0.39 is 14.9 Å². The lowest BCUT2D eigenvalue weighted by molar-refractivity contribution is -0.385. The summed E-state index contributed by atoms with van der Waals surface area (Å²) in [5.41, 5.74) is 0.307. The van der Waals surface area contributed by atoms with Crippen LogP contribution >= 0.6 is 12.4 Å². The largest absolute Gasteiger partial charge is 0.383 e. The number of nitrogens with one attached hydrogen (secondary N) is 2. The van der Waals surface area contributed by atoms with Crippen molar-refractivity contribution in [3.05, 3.63) is 33.9 Å². The number of nitro benzene ring substituents is 1. The SMILES string of the molecule is CCc1ccc([N+](=O)[O-])cc1S(=O)(=O)NCCNCCOC.Cl. The molecule has 0 heterocycles. The Kier molecular flexibility index (Phi) is 9.93. The number of methoxy groups -OCH3 is 1. The first-order valence-electron chi connectivity index (χ1n) is 6.89. The molecule has 0 unspecified atom stereocenters. The van der Waals surface area contributed by atoms with Gasteiger partial charge in [-0.3, -0.25) is 10.1 Å². The highest BCUT2D eigenvalue weighted by Crippen LogP contribution is 2.22. The lowest BCUT2D eigenvalue weighted by Crippen LogP contribution is -2.33. The fourth-order valence-corrected chi connectivity index (χ4v) is 3.21. The van der Waals surface area contributed by atoms with Crippen LogP contribution in [0.3, 0.4) is 0 Å². The molecule has 2 N–H and O–H groups in total. The number of ether oxygens (including phenoxy) is 1. The molecule has 0 aliphatic carbocycles. The number of aryl methyl sites for hydroxylation is 1. The monoisotopic (exact) mass is 367 g/mol. The summed E-state index contributed by atoms with van der Waals surface area (Å²) in [7, 11) is -2.20. The topological polar surface area (TPSA) is 111 Å². The van der Waals surface area contributed by atoms with Gasteiger partial charge in [0, 0.05) is 38.9 Å². The normalized spacial score (nSPS) is 11.0. The van der Waals surface area contributed by atoms with E-state index >= 15 is 0 Å². The zero-order valence-corrected chi connectivity index (χ0v) is 14.7. The Labute approximate surface area is 142 Å². The van der Waals surface area contributed by atoms with E-state index in [1.807, 2.05) is 0 Å². The van der Waals surface area contributed by atoms with Gasteiger partial charge in [0.2, 0.25) is 10.0 Å². The molecule has 0 aliphatic rings. The molecule has 0 spiro atoms. The van der Waals surface area contributed by atoms with Gasteiger partial charge in [0.1, 0.15) is 0 Å². The Hall–Kier alpha value is -1.26. The predicted molar refractivity (Wildman–Crippen MR) is 89.7 cm³/mol. The molecule has 1 aromatic rings. The smallest absolute Gasteiger partial charge is 0.270 e. The third kappa shape index (κ3) is 6.80. The highest BCUT2D eigenvalue weighted by molar-refractivity contribution is 7.89. The number of non-ortho nitro benzene ring substituents is 1. The number of nitro groups is 1. The van der Waals surface area contributed by atoms with Crippen molar-refractivity contribution in [2.75, 3.05) is 33.4 Å². The van der Waals surface area contributed by atoms with Gasteiger partial charge >= 0.3 is 0 Å². The van der Waals surface area contributed by atoms with Crippen LogP contribution in [0.2, 0.25) is 0 Å². The minimum absolute atomic E-state index is 0. The first kappa shape index (κ1) is 21.7. The molecule has 23 heavy (non-hydrogen) atoms. The molecule has 0 aliphatic heterocycles. The molecule has 0 aromatic heterocycles. The van der Waals surface area contributed by atoms with Crippen molar-refractivity contribution in [3.8, 4) is 0 Å². The first-order chi connectivity index (χ1) is 10.4. The highest BCUT2D eigenvalue weighted by atomic mass is 35.5. The standard InChI is InChI=1S/C13H21N3O5S.ClH/c1-3-11-4-5-12(16(17)18)10-13(11)22(19,20)15-7-6-14-8-9-21-2;/h4-5,10,14-15H,3,6-9H2,1-2H3;1H. The Morgan fingerprint density at radius 3 is 2.52 bits per heavy atom. The van der Waals surface area contributed by atoms with Crippen molar-refractivity contribution in [3.63, 3.8) is 0 Å². The van der Waals surface area contributed by atoms with Crippen molar-refractivity contribution >= 4 is 28.1 Å². The Morgan fingerprint density at radius 1 is 1.26 bits per heavy atom. The fraction of sp³-hybridized carbons (Fsp3) is 0.538. The van der Waals surface area contributed by atoms with Gasteiger partial charge < -0.3 is 10.1 Å². The molecule has 0 fully saturated rings. The van der Waals surface area contributed by atoms with Crippen LogP contribution in [0.4, 0.5) is 5.69 Å². The van der Waals surface area contributed by atoms with Gasteiger partial charge in [0.05, 0.1) is 16.4 Å². The molecule has 8 nitrogen and oxygen atoms in total. The van der Waals surface area contributed by atoms with Crippen LogP contribution in [0.1, 0.15) is 12.5 Å². The van der Waals surface area contributed by atoms with E-state index in [4.69, 9.17) is 4.74 Å². The summed E-state index contributed by atoms with van der Waals surface area (Å²) in [6.07, 6.45) is 0.473. The van der Waals surface area contributed by atoms with Crippen molar-refractivity contribution in [1.82, 2.24) is 10.0 Å². The summed E-state index contributed by atoms with van der Waals surface area (Å²) in [5.74, 6) is 0. The second-order valence-corrected chi connectivity index (χ2v) is 6.28. The molecular weight excluding hydrogens is 346 g/mol. The Bertz CT molecular complexity index is 610. The summed E-state index contributed by atoms with van der Waals surface area (Å²) in [4.78, 5) is 10.2. The lowest BCUT2D eigenvalue weighted by atomic mass is 10.1. The number of halogens is 1. The molecule has 10 heteroatoms. The molecule has 1 aromatic carbocycles. The summed E-state index contributed by atoms with van der Waals surface area (Å²) >= 11 is 0. The third-order valence-corrected chi connectivity index (χ3v) is 4.55. The maximum absolute atomic E-state index is 12.3. The minimum atomic E-state index is -3.78. The van der Waals surface area contributed by atoms with E-state index in [2.05, 4.69) is 10.0 Å². The van der Waals surface area contributed by atoms with Gasteiger partial charge in [-0.1, -0.05) is 13.0 Å². The highest BCUT2D eigenvalue weighted by Gasteiger charge is 2.20. The van der Waals surface area contributed by atoms with Gasteiger partial charge in [0.25, 0.3) is 5.69 Å². The van der Waals surface area contributed by atoms with Crippen LogP contribution in [0.25, 0.3) is 0 Å². The van der Waals surface area contributed by atoms with Crippen LogP contribution in [0.15, 0.2) is 23.1 Å². The lowest BCUT2D eigenvalue weighted by Gasteiger charge is -2.11. The second-order valence-electron chi connectivity index (χ2n) is 4.54. The van der Waals surface area contributed by atoms with Gasteiger partial charge in [-0.05, 0) is 12.0 Å². The number of sulfonamides is 1. The quantitative estimate of drug-likeness (QED) is 0.364. The van der Waals surface area contributed by atoms with Crippen molar-refractivity contribution in [2.24, 2.45) is 0 Å². The summed E-state index contributed by atoms with van der Waals surface area (Å²) < 4.78 is 31.9. The molecule has 0 saturated carbocycles. The van der Waals surface area contributed by atoms with Crippen LogP contribution in [-0.2, 0) is 21.2 Å². The Morgan fingerprint density at radius 2 is 1.96 bits per heavy atom. The van der Waals surface area contributed by atoms with Crippen LogP contribution in [0.5, 0.6) is 0 Å². The average Bonchev–Trinajstić information content (AvgIpc) is 2.50. The molecule has 0 amide bonds. The molecule has 0 saturated heterocycles. The van der Waals surface area contributed by atoms with Crippen molar-refractivity contribution in [2.45, 2.75) is 18.2 Å². The van der Waals surface area contributed by atoms with E-state index in [1.54, 1.807) is 14.0 Å². The van der Waals surface area contributed by atoms with Gasteiger partial charge in [0.15, 0.2) is 0 Å². The maximum Gasteiger partial charge on any atom is 0.270 e. The number of hydrogen-bond donors (Lipinski definition) is 2. The molecular formula is C13H22ClN3O5S. The van der Waals surface area contributed by atoms with Crippen LogP contribution in [0, 0.1) is 10.1 Å². The van der Waals surface area contributed by atoms with Crippen LogP contribution in [-0.4, -0.2) is 46.7 Å². The molecule has 132 valence electrons. The number of hydrogen-bond acceptors (Lipinski definition) is 6. The predicted octanol–water partition coefficient (Wildman–Crippen LogP) is 1.09. The summed E-state index contributed by atoms with van der Waals surface area (Å²) in [6, 6.07) is 3.88. The average molecular weight is 368 g/mol. The van der Waals surface area contributed by atoms with Crippen LogP contribution < -0.4 is 10.0 Å². The molecule has 1 rings (SSSR count). The van der Waals surface area contributed by atoms with Gasteiger partial charge in [-0.15, -0.1) is 12.4 Å². The molecule has 0 bridgehead atoms. The van der Waals surface area contributed by atoms with Crippen molar-refractivity contribution in [1.29, 1.82) is 0 Å². The summed E-state index contributed by atoms with van der Waals surface area (Å²) in [6.45, 7) is 3.59. The first-order valence-corrected chi connectivity index (χ1v) is 8.37. The molecule has 0 atom stereocenters. The zero-order valence-electron chi connectivity index (χ0n) is 13.1. The van der Waals surface area contributed by atoms with E-state index in [9.17, 15) is 18.5 Å². The van der Waals surface area contributed by atoms with Crippen molar-refractivity contribution < 1.29 is 18.1 Å². The minimum Gasteiger partial charge on any atom is -0.383 e. The van der Waals surface area contributed by atoms with Gasteiger partial charge in [-0.2, -0.15) is 0 Å². The number of rotatable bonds is 10. The fourth-order valence-electron chi connectivity index (χ4n) is 1.85. The maximum atomic E-state index is 12.3. The van der Waals surface area contributed by atoms with E-state index in [-0.39, 0.29) is 29.5 Å². The number of nitrogens with zero attached hydrogens (tertiary/aromatic N) is 1. The van der Waals surface area contributed by atoms with Gasteiger partial charge in [-0.25, -0.2) is 13.1 Å². The molecule has 0 radical (unpaired) electrons. The summed E-state index contributed by atoms with van der Waals surface area (Å²) in [5, 5.41) is 13.8.